The zero-order valence-corrected chi connectivity index (χ0v) is 18.0. The molecule has 4 aliphatic carbocycles. The summed E-state index contributed by atoms with van der Waals surface area (Å²) in [6.45, 7) is 6.26. The Morgan fingerprint density at radius 3 is 2.74 bits per heavy atom. The maximum Gasteiger partial charge on any atom is 0.168 e. The lowest BCUT2D eigenvalue weighted by atomic mass is 9.51. The van der Waals surface area contributed by atoms with Gasteiger partial charge in [-0.25, -0.2) is 0 Å². The SMILES string of the molecule is CC(OBr)C(=O)C1(C)CCC2C3CCC4=CC(=O)CC(O)C4=C3CCC21C. The van der Waals surface area contributed by atoms with Gasteiger partial charge >= 0.3 is 0 Å². The van der Waals surface area contributed by atoms with E-state index in [1.165, 1.54) is 5.57 Å². The molecule has 0 aromatic rings. The molecule has 6 atom stereocenters. The highest BCUT2D eigenvalue weighted by Gasteiger charge is 2.62. The van der Waals surface area contributed by atoms with Crippen LogP contribution in [0.15, 0.2) is 22.8 Å². The lowest BCUT2D eigenvalue weighted by Crippen LogP contribution is -2.50. The number of aliphatic hydroxyl groups is 1. The van der Waals surface area contributed by atoms with Crippen molar-refractivity contribution in [2.45, 2.75) is 77.9 Å². The molecular formula is C22H29BrO4. The fraction of sp³-hybridized carbons (Fsp3) is 0.727. The first-order chi connectivity index (χ1) is 12.7. The minimum Gasteiger partial charge on any atom is -0.388 e. The topological polar surface area (TPSA) is 63.6 Å². The van der Waals surface area contributed by atoms with Crippen molar-refractivity contribution < 1.29 is 18.5 Å². The van der Waals surface area contributed by atoms with Gasteiger partial charge in [-0.05, 0) is 79.9 Å². The van der Waals surface area contributed by atoms with E-state index < -0.39 is 12.2 Å². The number of carbonyl (C=O) groups excluding carboxylic acids is 2. The van der Waals surface area contributed by atoms with Gasteiger partial charge in [0.2, 0.25) is 0 Å². The minimum atomic E-state index is -0.643. The highest BCUT2D eigenvalue weighted by atomic mass is 79.9. The number of hydrogen-bond acceptors (Lipinski definition) is 4. The van der Waals surface area contributed by atoms with E-state index in [-0.39, 0.29) is 28.8 Å². The van der Waals surface area contributed by atoms with Crippen molar-refractivity contribution >= 4 is 27.8 Å². The molecule has 6 unspecified atom stereocenters. The van der Waals surface area contributed by atoms with Crippen LogP contribution >= 0.6 is 16.3 Å². The van der Waals surface area contributed by atoms with Crippen LogP contribution in [0.4, 0.5) is 0 Å². The number of Topliss-reactive ketones (excluding diaryl/α,β-unsaturated/α-hetero) is 1. The van der Waals surface area contributed by atoms with Gasteiger partial charge in [-0.2, -0.15) is 0 Å². The molecular weight excluding hydrogens is 408 g/mol. The van der Waals surface area contributed by atoms with Crippen LogP contribution in [0.2, 0.25) is 0 Å². The van der Waals surface area contributed by atoms with Crippen molar-refractivity contribution in [3.05, 3.63) is 22.8 Å². The summed E-state index contributed by atoms with van der Waals surface area (Å²) < 4.78 is 5.20. The van der Waals surface area contributed by atoms with E-state index in [9.17, 15) is 14.7 Å². The second kappa shape index (κ2) is 6.64. The van der Waals surface area contributed by atoms with E-state index in [0.29, 0.717) is 11.8 Å². The molecule has 0 bridgehead atoms. The highest BCUT2D eigenvalue weighted by molar-refractivity contribution is 9.06. The van der Waals surface area contributed by atoms with E-state index in [1.807, 2.05) is 6.92 Å². The van der Waals surface area contributed by atoms with Crippen molar-refractivity contribution in [3.8, 4) is 0 Å². The number of halogens is 1. The quantitative estimate of drug-likeness (QED) is 0.709. The molecule has 0 spiro atoms. The molecule has 0 aliphatic heterocycles. The van der Waals surface area contributed by atoms with Crippen LogP contribution < -0.4 is 0 Å². The highest BCUT2D eigenvalue weighted by Crippen LogP contribution is 2.67. The third kappa shape index (κ3) is 2.68. The number of allylic oxidation sites excluding steroid dienone is 2. The Morgan fingerprint density at radius 1 is 1.30 bits per heavy atom. The third-order valence-electron chi connectivity index (χ3n) is 8.41. The lowest BCUT2D eigenvalue weighted by Gasteiger charge is -2.52. The molecule has 0 amide bonds. The van der Waals surface area contributed by atoms with Gasteiger partial charge in [0.05, 0.1) is 22.4 Å². The fourth-order valence-electron chi connectivity index (χ4n) is 6.77. The van der Waals surface area contributed by atoms with E-state index in [2.05, 4.69) is 30.1 Å². The number of aliphatic hydroxyl groups excluding tert-OH is 1. The van der Waals surface area contributed by atoms with Gasteiger partial charge in [-0.3, -0.25) is 13.4 Å². The molecule has 5 heteroatoms. The van der Waals surface area contributed by atoms with Gasteiger partial charge in [0, 0.05) is 11.8 Å². The van der Waals surface area contributed by atoms with Gasteiger partial charge in [-0.1, -0.05) is 19.4 Å². The molecule has 0 radical (unpaired) electrons. The van der Waals surface area contributed by atoms with Crippen LogP contribution in [0.3, 0.4) is 0 Å². The van der Waals surface area contributed by atoms with Crippen molar-refractivity contribution in [3.63, 3.8) is 0 Å². The van der Waals surface area contributed by atoms with Gasteiger partial charge in [0.15, 0.2) is 11.6 Å². The number of rotatable bonds is 3. The number of hydrogen-bond donors (Lipinski definition) is 1. The summed E-state index contributed by atoms with van der Waals surface area (Å²) in [7, 11) is 0. The summed E-state index contributed by atoms with van der Waals surface area (Å²) in [5.41, 5.74) is 3.07. The molecule has 0 aromatic carbocycles. The number of carbonyl (C=O) groups is 2. The van der Waals surface area contributed by atoms with E-state index >= 15 is 0 Å². The molecule has 27 heavy (non-hydrogen) atoms. The molecule has 1 N–H and O–H groups in total. The largest absolute Gasteiger partial charge is 0.388 e. The predicted octanol–water partition coefficient (Wildman–Crippen LogP) is 4.45. The molecule has 4 aliphatic rings. The fourth-order valence-corrected chi connectivity index (χ4v) is 6.94. The lowest BCUT2D eigenvalue weighted by molar-refractivity contribution is -0.142. The zero-order chi connectivity index (χ0) is 19.6. The molecule has 2 saturated carbocycles. The molecule has 4 rings (SSSR count). The maximum absolute atomic E-state index is 13.2. The third-order valence-corrected chi connectivity index (χ3v) is 8.97. The second-order valence-corrected chi connectivity index (χ2v) is 9.80. The van der Waals surface area contributed by atoms with Gasteiger partial charge in [0.1, 0.15) is 6.10 Å². The van der Waals surface area contributed by atoms with Gasteiger partial charge in [0.25, 0.3) is 0 Å². The number of fused-ring (bicyclic) bond motifs is 4. The van der Waals surface area contributed by atoms with Crippen LogP contribution in [-0.4, -0.2) is 28.9 Å². The molecule has 0 heterocycles. The van der Waals surface area contributed by atoms with Crippen LogP contribution in [0.5, 0.6) is 0 Å². The van der Waals surface area contributed by atoms with Crippen molar-refractivity contribution in [1.82, 2.24) is 0 Å². The normalized spacial score (nSPS) is 42.2. The molecule has 148 valence electrons. The summed E-state index contributed by atoms with van der Waals surface area (Å²) in [6.07, 6.45) is 6.60. The summed E-state index contributed by atoms with van der Waals surface area (Å²) in [5.74, 6) is 1.12. The summed E-state index contributed by atoms with van der Waals surface area (Å²) in [6, 6.07) is 0. The van der Waals surface area contributed by atoms with Crippen molar-refractivity contribution in [2.24, 2.45) is 22.7 Å². The van der Waals surface area contributed by atoms with E-state index in [1.54, 1.807) is 6.08 Å². The zero-order valence-electron chi connectivity index (χ0n) is 16.4. The van der Waals surface area contributed by atoms with Gasteiger partial charge in [-0.15, -0.1) is 0 Å². The van der Waals surface area contributed by atoms with Crippen LogP contribution in [0.1, 0.15) is 65.7 Å². The number of ketones is 2. The maximum atomic E-state index is 13.2. The van der Waals surface area contributed by atoms with Crippen LogP contribution in [0.25, 0.3) is 0 Å². The second-order valence-electron chi connectivity index (χ2n) is 9.43. The first kappa shape index (κ1) is 19.5. The van der Waals surface area contributed by atoms with Crippen LogP contribution in [-0.2, 0) is 13.4 Å². The van der Waals surface area contributed by atoms with Crippen molar-refractivity contribution in [1.29, 1.82) is 0 Å². The Kier molecular flexibility index (Phi) is 4.80. The standard InChI is InChI=1S/C22H29BrO4/c1-12(27-23)20(26)22(3)9-7-17-15-5-4-13-10-14(24)11-18(25)19(13)16(15)6-8-21(17,22)2/h10,12,15,17-18,25H,4-9,11H2,1-3H3. The predicted molar refractivity (Wildman–Crippen MR) is 106 cm³/mol. The Labute approximate surface area is 169 Å². The Hall–Kier alpha value is -0.780. The first-order valence-corrected chi connectivity index (χ1v) is 10.8. The molecule has 0 saturated heterocycles. The average Bonchev–Trinajstić information content (AvgIpc) is 2.92. The Balaban J connectivity index is 1.72. The average molecular weight is 437 g/mol. The van der Waals surface area contributed by atoms with Crippen molar-refractivity contribution in [2.75, 3.05) is 0 Å². The monoisotopic (exact) mass is 436 g/mol. The Morgan fingerprint density at radius 2 is 2.04 bits per heavy atom. The van der Waals surface area contributed by atoms with Crippen LogP contribution in [0, 0.1) is 22.7 Å². The molecule has 4 nitrogen and oxygen atoms in total. The molecule has 0 aromatic heterocycles. The van der Waals surface area contributed by atoms with E-state index in [0.717, 1.165) is 49.7 Å². The van der Waals surface area contributed by atoms with Gasteiger partial charge < -0.3 is 5.11 Å². The van der Waals surface area contributed by atoms with E-state index in [4.69, 9.17) is 3.83 Å². The summed E-state index contributed by atoms with van der Waals surface area (Å²) >= 11 is 3.01. The smallest absolute Gasteiger partial charge is 0.168 e. The molecule has 2 fully saturated rings. The first-order valence-electron chi connectivity index (χ1n) is 10.2. The minimum absolute atomic E-state index is 0.0451. The summed E-state index contributed by atoms with van der Waals surface area (Å²) in [5, 5.41) is 10.6. The Bertz CT molecular complexity index is 753. The summed E-state index contributed by atoms with van der Waals surface area (Å²) in [4.78, 5) is 25.0.